The van der Waals surface area contributed by atoms with Gasteiger partial charge in [0.25, 0.3) is 5.91 Å². The van der Waals surface area contributed by atoms with Gasteiger partial charge in [-0.2, -0.15) is 0 Å². The first-order valence-corrected chi connectivity index (χ1v) is 12.6. The smallest absolute Gasteiger partial charge is 0.328 e. The zero-order valence-corrected chi connectivity index (χ0v) is 20.1. The number of nitrogens with one attached hydrogen (secondary N) is 1. The zero-order valence-electron chi connectivity index (χ0n) is 20.1. The number of piperazine rings is 1. The molecule has 5 heterocycles. The van der Waals surface area contributed by atoms with Crippen LogP contribution in [0.5, 0.6) is 0 Å². The molecule has 9 nitrogen and oxygen atoms in total. The average molecular weight is 474 g/mol. The van der Waals surface area contributed by atoms with E-state index in [1.165, 1.54) is 10.5 Å². The lowest BCUT2D eigenvalue weighted by Crippen LogP contribution is -2.47. The van der Waals surface area contributed by atoms with E-state index in [2.05, 4.69) is 36.9 Å². The SMILES string of the molecule is C[C@H]1c2[nH]c3ccccc3c2C[C@H]2C(=O)N(CCCCN3CCN(c4ncccn4)CC3)C(=O)N21. The number of carbonyl (C=O) groups is 2. The molecule has 182 valence electrons. The van der Waals surface area contributed by atoms with E-state index in [1.54, 1.807) is 17.3 Å². The summed E-state index contributed by atoms with van der Waals surface area (Å²) >= 11 is 0. The van der Waals surface area contributed by atoms with E-state index in [-0.39, 0.29) is 18.0 Å². The lowest BCUT2D eigenvalue weighted by Gasteiger charge is -2.34. The number of carbonyl (C=O) groups excluding carboxylic acids is 2. The normalized spacial score (nSPS) is 22.7. The van der Waals surface area contributed by atoms with E-state index < -0.39 is 6.04 Å². The van der Waals surface area contributed by atoms with Gasteiger partial charge in [-0.25, -0.2) is 14.8 Å². The Morgan fingerprint density at radius 3 is 2.51 bits per heavy atom. The zero-order chi connectivity index (χ0) is 23.9. The molecule has 0 spiro atoms. The summed E-state index contributed by atoms with van der Waals surface area (Å²) in [4.78, 5) is 46.6. The molecule has 0 radical (unpaired) electrons. The second-order valence-corrected chi connectivity index (χ2v) is 9.72. The highest BCUT2D eigenvalue weighted by Crippen LogP contribution is 2.40. The van der Waals surface area contributed by atoms with Crippen molar-refractivity contribution in [3.8, 4) is 0 Å². The number of rotatable bonds is 6. The molecule has 9 heteroatoms. The number of H-pyrrole nitrogens is 1. The number of hydrogen-bond acceptors (Lipinski definition) is 6. The van der Waals surface area contributed by atoms with Crippen LogP contribution < -0.4 is 4.90 Å². The van der Waals surface area contributed by atoms with Crippen molar-refractivity contribution in [2.75, 3.05) is 44.2 Å². The molecule has 3 aliphatic heterocycles. The van der Waals surface area contributed by atoms with Gasteiger partial charge >= 0.3 is 6.03 Å². The van der Waals surface area contributed by atoms with E-state index in [0.29, 0.717) is 13.0 Å². The summed E-state index contributed by atoms with van der Waals surface area (Å²) in [6, 6.07) is 9.34. The molecule has 3 amide bonds. The first-order valence-electron chi connectivity index (χ1n) is 12.6. The summed E-state index contributed by atoms with van der Waals surface area (Å²) < 4.78 is 0. The maximum absolute atomic E-state index is 13.3. The van der Waals surface area contributed by atoms with E-state index in [4.69, 9.17) is 0 Å². The molecule has 2 atom stereocenters. The first kappa shape index (κ1) is 22.0. The number of nitrogens with zero attached hydrogens (tertiary/aromatic N) is 6. The molecule has 0 bridgehead atoms. The summed E-state index contributed by atoms with van der Waals surface area (Å²) in [7, 11) is 0. The highest BCUT2D eigenvalue weighted by molar-refractivity contribution is 6.05. The van der Waals surface area contributed by atoms with Crippen LogP contribution in [0.3, 0.4) is 0 Å². The molecule has 35 heavy (non-hydrogen) atoms. The number of para-hydroxylation sites is 1. The second kappa shape index (κ2) is 8.96. The van der Waals surface area contributed by atoms with Crippen molar-refractivity contribution in [2.45, 2.75) is 38.3 Å². The molecule has 2 fully saturated rings. The fourth-order valence-corrected chi connectivity index (χ4v) is 5.85. The van der Waals surface area contributed by atoms with Crippen molar-refractivity contribution in [3.63, 3.8) is 0 Å². The Bertz CT molecular complexity index is 1230. The van der Waals surface area contributed by atoms with E-state index >= 15 is 0 Å². The van der Waals surface area contributed by atoms with Gasteiger partial charge in [0.1, 0.15) is 6.04 Å². The number of imide groups is 1. The highest BCUT2D eigenvalue weighted by atomic mass is 16.2. The molecule has 1 aromatic carbocycles. The van der Waals surface area contributed by atoms with Crippen LogP contribution in [0.1, 0.15) is 37.1 Å². The van der Waals surface area contributed by atoms with Crippen LogP contribution in [0.2, 0.25) is 0 Å². The van der Waals surface area contributed by atoms with E-state index in [0.717, 1.165) is 68.1 Å². The minimum absolute atomic E-state index is 0.0470. The molecule has 2 saturated heterocycles. The second-order valence-electron chi connectivity index (χ2n) is 9.72. The Hall–Kier alpha value is -3.46. The molecular weight excluding hydrogens is 442 g/mol. The summed E-state index contributed by atoms with van der Waals surface area (Å²) in [5, 5.41) is 1.16. The van der Waals surface area contributed by atoms with Gasteiger partial charge in [0.2, 0.25) is 5.95 Å². The quantitative estimate of drug-likeness (QED) is 0.438. The molecule has 3 aromatic rings. The van der Waals surface area contributed by atoms with Crippen molar-refractivity contribution in [1.82, 2.24) is 29.7 Å². The van der Waals surface area contributed by atoms with Crippen molar-refractivity contribution < 1.29 is 9.59 Å². The predicted molar refractivity (Wildman–Crippen MR) is 133 cm³/mol. The van der Waals surface area contributed by atoms with E-state index in [9.17, 15) is 9.59 Å². The van der Waals surface area contributed by atoms with Crippen molar-refractivity contribution in [1.29, 1.82) is 0 Å². The van der Waals surface area contributed by atoms with Crippen LogP contribution in [-0.4, -0.2) is 86.9 Å². The number of aromatic nitrogens is 3. The molecule has 6 rings (SSSR count). The molecule has 1 N–H and O–H groups in total. The molecule has 0 saturated carbocycles. The number of amides is 3. The monoisotopic (exact) mass is 473 g/mol. The summed E-state index contributed by atoms with van der Waals surface area (Å²) in [6.07, 6.45) is 5.93. The third-order valence-corrected chi connectivity index (χ3v) is 7.73. The molecule has 0 aliphatic carbocycles. The maximum atomic E-state index is 13.3. The standard InChI is InChI=1S/C26H31N7O2/c1-18-23-20(19-7-2-3-8-21(19)29-23)17-22-24(34)32(26(35)33(18)22)12-5-4-11-30-13-15-31(16-14-30)25-27-9-6-10-28-25/h2-3,6-10,18,22,29H,4-5,11-17H2,1H3/t18-,22-/m0/s1. The third-order valence-electron chi connectivity index (χ3n) is 7.73. The number of aromatic amines is 1. The predicted octanol–water partition coefficient (Wildman–Crippen LogP) is 2.81. The fourth-order valence-electron chi connectivity index (χ4n) is 5.85. The molecular formula is C26H31N7O2. The Kier molecular flexibility index (Phi) is 5.64. The molecule has 3 aliphatic rings. The van der Waals surface area contributed by atoms with E-state index in [1.807, 2.05) is 25.1 Å². The minimum Gasteiger partial charge on any atom is -0.356 e. The van der Waals surface area contributed by atoms with Gasteiger partial charge < -0.3 is 14.8 Å². The third kappa shape index (κ3) is 3.83. The Morgan fingerprint density at radius 2 is 1.71 bits per heavy atom. The number of anilines is 1. The van der Waals surface area contributed by atoms with Crippen LogP contribution in [-0.2, 0) is 11.2 Å². The number of hydrogen-bond donors (Lipinski definition) is 1. The van der Waals surface area contributed by atoms with Crippen LogP contribution >= 0.6 is 0 Å². The number of unbranched alkanes of at least 4 members (excludes halogenated alkanes) is 1. The van der Waals surface area contributed by atoms with Gasteiger partial charge in [0.05, 0.1) is 6.04 Å². The Labute approximate surface area is 204 Å². The minimum atomic E-state index is -0.391. The summed E-state index contributed by atoms with van der Waals surface area (Å²) in [5.74, 6) is 0.748. The highest BCUT2D eigenvalue weighted by Gasteiger charge is 2.50. The van der Waals surface area contributed by atoms with Crippen LogP contribution in [0.15, 0.2) is 42.7 Å². The lowest BCUT2D eigenvalue weighted by molar-refractivity contribution is -0.128. The Balaban J connectivity index is 1.02. The van der Waals surface area contributed by atoms with Gasteiger partial charge in [-0.1, -0.05) is 18.2 Å². The number of urea groups is 1. The molecule has 0 unspecified atom stereocenters. The first-order chi connectivity index (χ1) is 17.1. The topological polar surface area (TPSA) is 88.7 Å². The largest absolute Gasteiger partial charge is 0.356 e. The number of benzene rings is 1. The maximum Gasteiger partial charge on any atom is 0.328 e. The summed E-state index contributed by atoms with van der Waals surface area (Å²) in [5.41, 5.74) is 3.31. The van der Waals surface area contributed by atoms with Crippen LogP contribution in [0.4, 0.5) is 10.7 Å². The van der Waals surface area contributed by atoms with Gasteiger partial charge in [-0.3, -0.25) is 14.6 Å². The lowest BCUT2D eigenvalue weighted by atomic mass is 9.93. The van der Waals surface area contributed by atoms with Gasteiger partial charge in [0, 0.05) is 68.1 Å². The summed E-state index contributed by atoms with van der Waals surface area (Å²) in [6.45, 7) is 7.25. The number of fused-ring (bicyclic) bond motifs is 4. The van der Waals surface area contributed by atoms with Gasteiger partial charge in [0.15, 0.2) is 0 Å². The Morgan fingerprint density at radius 1 is 0.971 bits per heavy atom. The van der Waals surface area contributed by atoms with Crippen LogP contribution in [0.25, 0.3) is 10.9 Å². The van der Waals surface area contributed by atoms with Crippen molar-refractivity contribution in [3.05, 3.63) is 54.0 Å². The molecule has 2 aromatic heterocycles. The van der Waals surface area contributed by atoms with Gasteiger partial charge in [-0.05, 0) is 44.0 Å². The van der Waals surface area contributed by atoms with Crippen LogP contribution in [0, 0.1) is 0 Å². The van der Waals surface area contributed by atoms with Crippen molar-refractivity contribution in [2.24, 2.45) is 0 Å². The average Bonchev–Trinajstić information content (AvgIpc) is 3.39. The van der Waals surface area contributed by atoms with Gasteiger partial charge in [-0.15, -0.1) is 0 Å². The fraction of sp³-hybridized carbons (Fsp3) is 0.462. The van der Waals surface area contributed by atoms with Crippen molar-refractivity contribution >= 4 is 28.8 Å².